The molecule has 1 N–H and O–H groups in total. The Morgan fingerprint density at radius 3 is 2.73 bits per heavy atom. The zero-order valence-electron chi connectivity index (χ0n) is 15.9. The van der Waals surface area contributed by atoms with Crippen LogP contribution in [0.5, 0.6) is 0 Å². The second-order valence-electron chi connectivity index (χ2n) is 8.14. The molecule has 1 saturated heterocycles. The molecule has 0 radical (unpaired) electrons. The highest BCUT2D eigenvalue weighted by Gasteiger charge is 2.20. The zero-order valence-corrected chi connectivity index (χ0v) is 15.9. The number of aromatic amines is 1. The summed E-state index contributed by atoms with van der Waals surface area (Å²) < 4.78 is 0. The molecule has 1 fully saturated rings. The Bertz CT molecular complexity index is 847. The van der Waals surface area contributed by atoms with Gasteiger partial charge in [-0.2, -0.15) is 5.10 Å². The monoisotopic (exact) mass is 347 g/mol. The first-order valence-electron chi connectivity index (χ1n) is 9.90. The fourth-order valence-corrected chi connectivity index (χ4v) is 4.18. The van der Waals surface area contributed by atoms with E-state index in [4.69, 9.17) is 0 Å². The molecule has 3 aromatic rings. The van der Waals surface area contributed by atoms with Crippen LogP contribution in [0.2, 0.25) is 0 Å². The lowest BCUT2D eigenvalue weighted by atomic mass is 9.90. The Morgan fingerprint density at radius 2 is 1.92 bits per heavy atom. The molecule has 26 heavy (non-hydrogen) atoms. The third-order valence-electron chi connectivity index (χ3n) is 5.68. The number of benzene rings is 2. The third-order valence-corrected chi connectivity index (χ3v) is 5.68. The number of piperidine rings is 1. The number of aromatic nitrogens is 2. The van der Waals surface area contributed by atoms with Crippen molar-refractivity contribution in [3.8, 4) is 0 Å². The summed E-state index contributed by atoms with van der Waals surface area (Å²) in [6.45, 7) is 8.02. The van der Waals surface area contributed by atoms with E-state index in [1.807, 2.05) is 6.20 Å². The number of hydrogen-bond donors (Lipinski definition) is 1. The molecule has 0 spiro atoms. The van der Waals surface area contributed by atoms with Crippen molar-refractivity contribution in [2.45, 2.75) is 45.6 Å². The summed E-state index contributed by atoms with van der Waals surface area (Å²) in [4.78, 5) is 2.63. The minimum atomic E-state index is 0.607. The summed E-state index contributed by atoms with van der Waals surface area (Å²) >= 11 is 0. The van der Waals surface area contributed by atoms with Gasteiger partial charge in [-0.1, -0.05) is 44.2 Å². The Kier molecular flexibility index (Phi) is 5.07. The summed E-state index contributed by atoms with van der Waals surface area (Å²) in [6.07, 6.45) is 5.74. The van der Waals surface area contributed by atoms with Crippen LogP contribution in [-0.4, -0.2) is 28.2 Å². The maximum atomic E-state index is 4.13. The number of hydrogen-bond acceptors (Lipinski definition) is 2. The lowest BCUT2D eigenvalue weighted by Gasteiger charge is -2.33. The average molecular weight is 348 g/mol. The summed E-state index contributed by atoms with van der Waals surface area (Å²) in [5, 5.41) is 8.39. The quantitative estimate of drug-likeness (QED) is 0.693. The van der Waals surface area contributed by atoms with E-state index < -0.39 is 0 Å². The van der Waals surface area contributed by atoms with E-state index in [1.165, 1.54) is 54.4 Å². The second kappa shape index (κ2) is 7.63. The van der Waals surface area contributed by atoms with Gasteiger partial charge in [0.15, 0.2) is 0 Å². The van der Waals surface area contributed by atoms with Crippen molar-refractivity contribution in [3.05, 3.63) is 65.4 Å². The first-order chi connectivity index (χ1) is 12.7. The van der Waals surface area contributed by atoms with Crippen LogP contribution in [0, 0.1) is 5.92 Å². The molecule has 1 atom stereocenters. The minimum Gasteiger partial charge on any atom is -0.299 e. The van der Waals surface area contributed by atoms with Crippen LogP contribution in [0.25, 0.3) is 10.9 Å². The van der Waals surface area contributed by atoms with E-state index in [2.05, 4.69) is 71.4 Å². The normalized spacial score (nSPS) is 18.7. The molecular formula is C23H29N3. The van der Waals surface area contributed by atoms with Gasteiger partial charge in [-0.05, 0) is 66.5 Å². The summed E-state index contributed by atoms with van der Waals surface area (Å²) in [5.41, 5.74) is 5.44. The number of rotatable bonds is 5. The minimum absolute atomic E-state index is 0.607. The fourth-order valence-electron chi connectivity index (χ4n) is 4.18. The molecule has 1 aliphatic rings. The first-order valence-corrected chi connectivity index (χ1v) is 9.90. The molecule has 136 valence electrons. The summed E-state index contributed by atoms with van der Waals surface area (Å²) in [5.74, 6) is 1.36. The molecule has 1 aromatic heterocycles. The van der Waals surface area contributed by atoms with Gasteiger partial charge in [-0.3, -0.25) is 10.00 Å². The van der Waals surface area contributed by atoms with E-state index in [9.17, 15) is 0 Å². The van der Waals surface area contributed by atoms with Gasteiger partial charge in [-0.25, -0.2) is 0 Å². The number of H-pyrrole nitrogens is 1. The number of likely N-dealkylation sites (tertiary alicyclic amines) is 1. The summed E-state index contributed by atoms with van der Waals surface area (Å²) in [7, 11) is 0. The molecule has 0 aliphatic carbocycles. The van der Waals surface area contributed by atoms with Gasteiger partial charge in [0, 0.05) is 18.5 Å². The first kappa shape index (κ1) is 17.3. The summed E-state index contributed by atoms with van der Waals surface area (Å²) in [6, 6.07) is 15.9. The largest absolute Gasteiger partial charge is 0.299 e. The van der Waals surface area contributed by atoms with Crippen molar-refractivity contribution in [2.24, 2.45) is 5.92 Å². The Labute approximate surface area is 156 Å². The Balaban J connectivity index is 1.37. The lowest BCUT2D eigenvalue weighted by Crippen LogP contribution is -2.35. The van der Waals surface area contributed by atoms with Crippen molar-refractivity contribution < 1.29 is 0 Å². The zero-order chi connectivity index (χ0) is 17.9. The fraction of sp³-hybridized carbons (Fsp3) is 0.435. The molecule has 3 heteroatoms. The Hall–Kier alpha value is -2.13. The van der Waals surface area contributed by atoms with E-state index in [0.717, 1.165) is 18.0 Å². The SMILES string of the molecule is CC(C)c1ccc(CN2CCC[C@@H](Cc3ccc4[nH]ncc4c3)C2)cc1. The number of nitrogens with one attached hydrogen (secondary N) is 1. The van der Waals surface area contributed by atoms with Gasteiger partial charge >= 0.3 is 0 Å². The molecule has 0 unspecified atom stereocenters. The predicted octanol–water partition coefficient (Wildman–Crippen LogP) is 5.14. The van der Waals surface area contributed by atoms with E-state index >= 15 is 0 Å². The van der Waals surface area contributed by atoms with Crippen LogP contribution in [-0.2, 0) is 13.0 Å². The van der Waals surface area contributed by atoms with Gasteiger partial charge < -0.3 is 0 Å². The van der Waals surface area contributed by atoms with Crippen LogP contribution >= 0.6 is 0 Å². The predicted molar refractivity (Wildman–Crippen MR) is 108 cm³/mol. The molecule has 0 saturated carbocycles. The highest BCUT2D eigenvalue weighted by molar-refractivity contribution is 5.78. The molecule has 1 aliphatic heterocycles. The average Bonchev–Trinajstić information content (AvgIpc) is 3.10. The van der Waals surface area contributed by atoms with E-state index in [0.29, 0.717) is 5.92 Å². The highest BCUT2D eigenvalue weighted by Crippen LogP contribution is 2.24. The molecule has 2 aromatic carbocycles. The van der Waals surface area contributed by atoms with Crippen LogP contribution in [0.1, 0.15) is 49.3 Å². The van der Waals surface area contributed by atoms with Crippen molar-refractivity contribution in [3.63, 3.8) is 0 Å². The van der Waals surface area contributed by atoms with E-state index in [1.54, 1.807) is 0 Å². The van der Waals surface area contributed by atoms with Gasteiger partial charge in [0.25, 0.3) is 0 Å². The smallest absolute Gasteiger partial charge is 0.0650 e. The number of nitrogens with zero attached hydrogens (tertiary/aromatic N) is 2. The molecule has 2 heterocycles. The van der Waals surface area contributed by atoms with E-state index in [-0.39, 0.29) is 0 Å². The van der Waals surface area contributed by atoms with Crippen molar-refractivity contribution >= 4 is 10.9 Å². The second-order valence-corrected chi connectivity index (χ2v) is 8.14. The van der Waals surface area contributed by atoms with Gasteiger partial charge in [0.2, 0.25) is 0 Å². The van der Waals surface area contributed by atoms with Crippen LogP contribution in [0.15, 0.2) is 48.7 Å². The molecule has 3 nitrogen and oxygen atoms in total. The highest BCUT2D eigenvalue weighted by atomic mass is 15.1. The van der Waals surface area contributed by atoms with Crippen molar-refractivity contribution in [1.29, 1.82) is 0 Å². The van der Waals surface area contributed by atoms with Crippen molar-refractivity contribution in [2.75, 3.05) is 13.1 Å². The van der Waals surface area contributed by atoms with Crippen molar-refractivity contribution in [1.82, 2.24) is 15.1 Å². The number of fused-ring (bicyclic) bond motifs is 1. The van der Waals surface area contributed by atoms with Gasteiger partial charge in [-0.15, -0.1) is 0 Å². The van der Waals surface area contributed by atoms with Gasteiger partial charge in [0.1, 0.15) is 0 Å². The van der Waals surface area contributed by atoms with Gasteiger partial charge in [0.05, 0.1) is 11.7 Å². The van der Waals surface area contributed by atoms with Crippen LogP contribution in [0.3, 0.4) is 0 Å². The Morgan fingerprint density at radius 1 is 1.12 bits per heavy atom. The van der Waals surface area contributed by atoms with Crippen LogP contribution < -0.4 is 0 Å². The molecule has 0 bridgehead atoms. The van der Waals surface area contributed by atoms with Crippen LogP contribution in [0.4, 0.5) is 0 Å². The maximum Gasteiger partial charge on any atom is 0.0650 e. The molecule has 0 amide bonds. The topological polar surface area (TPSA) is 31.9 Å². The standard InChI is InChI=1S/C23H29N3/c1-17(2)21-8-5-18(6-9-21)15-26-11-3-4-20(16-26)12-19-7-10-23-22(13-19)14-24-25-23/h5-10,13-14,17,20H,3-4,11-12,15-16H2,1-2H3,(H,24,25)/t20-/m0/s1. The third kappa shape index (κ3) is 3.99. The molecule has 4 rings (SSSR count). The maximum absolute atomic E-state index is 4.13. The lowest BCUT2D eigenvalue weighted by molar-refractivity contribution is 0.167. The molecular weight excluding hydrogens is 318 g/mol.